The third-order valence-corrected chi connectivity index (χ3v) is 4.13. The lowest BCUT2D eigenvalue weighted by Gasteiger charge is -2.18. The monoisotopic (exact) mass is 318 g/mol. The molecule has 2 N–H and O–H groups in total. The van der Waals surface area contributed by atoms with Crippen LogP contribution in [0.2, 0.25) is 0 Å². The highest BCUT2D eigenvalue weighted by Gasteiger charge is 2.22. The summed E-state index contributed by atoms with van der Waals surface area (Å²) < 4.78 is 1.81. The molecular weight excluding hydrogens is 300 g/mol. The van der Waals surface area contributed by atoms with Crippen molar-refractivity contribution in [2.24, 2.45) is 7.05 Å². The molecular formula is C18H18N6. The Morgan fingerprint density at radius 1 is 1.12 bits per heavy atom. The van der Waals surface area contributed by atoms with Gasteiger partial charge in [0.25, 0.3) is 0 Å². The van der Waals surface area contributed by atoms with Crippen LogP contribution in [0.15, 0.2) is 55.1 Å². The summed E-state index contributed by atoms with van der Waals surface area (Å²) in [5.74, 6) is 0.594. The van der Waals surface area contributed by atoms with Crippen LogP contribution < -0.4 is 5.32 Å². The summed E-state index contributed by atoms with van der Waals surface area (Å²) in [6, 6.07) is 10.0. The van der Waals surface area contributed by atoms with E-state index in [1.54, 1.807) is 23.1 Å². The number of benzene rings is 1. The van der Waals surface area contributed by atoms with Crippen LogP contribution >= 0.6 is 0 Å². The average Bonchev–Trinajstić information content (AvgIpc) is 3.16. The van der Waals surface area contributed by atoms with Gasteiger partial charge in [0.2, 0.25) is 5.95 Å². The fourth-order valence-electron chi connectivity index (χ4n) is 3.08. The van der Waals surface area contributed by atoms with Gasteiger partial charge in [0.1, 0.15) is 0 Å². The van der Waals surface area contributed by atoms with Crippen molar-refractivity contribution in [3.8, 4) is 0 Å². The number of nitrogens with one attached hydrogen (secondary N) is 2. The Labute approximate surface area is 139 Å². The Kier molecular flexibility index (Phi) is 3.49. The van der Waals surface area contributed by atoms with E-state index in [2.05, 4.69) is 50.5 Å². The zero-order valence-corrected chi connectivity index (χ0v) is 13.6. The van der Waals surface area contributed by atoms with Crippen LogP contribution in [-0.2, 0) is 7.05 Å². The number of aryl methyl sites for hydroxylation is 2. The largest absolute Gasteiger partial charge is 0.358 e. The predicted octanol–water partition coefficient (Wildman–Crippen LogP) is 3.20. The number of H-pyrrole nitrogens is 1. The molecule has 0 aliphatic heterocycles. The minimum Gasteiger partial charge on any atom is -0.358 e. The van der Waals surface area contributed by atoms with E-state index < -0.39 is 0 Å². The first-order chi connectivity index (χ1) is 11.7. The van der Waals surface area contributed by atoms with Crippen LogP contribution in [0.1, 0.15) is 22.9 Å². The molecule has 1 unspecified atom stereocenters. The Bertz CT molecular complexity index is 970. The molecule has 24 heavy (non-hydrogen) atoms. The number of nitrogens with zero attached hydrogens (tertiary/aromatic N) is 4. The molecule has 1 aromatic carbocycles. The molecule has 0 saturated heterocycles. The maximum Gasteiger partial charge on any atom is 0.223 e. The van der Waals surface area contributed by atoms with E-state index in [1.165, 1.54) is 10.9 Å². The second kappa shape index (κ2) is 5.81. The first-order valence-electron chi connectivity index (χ1n) is 7.81. The second-order valence-corrected chi connectivity index (χ2v) is 5.81. The maximum absolute atomic E-state index is 4.32. The molecule has 3 heterocycles. The van der Waals surface area contributed by atoms with Gasteiger partial charge in [-0.25, -0.2) is 9.97 Å². The molecule has 0 saturated carbocycles. The number of para-hydroxylation sites is 1. The van der Waals surface area contributed by atoms with E-state index in [1.807, 2.05) is 25.5 Å². The van der Waals surface area contributed by atoms with Gasteiger partial charge >= 0.3 is 0 Å². The highest BCUT2D eigenvalue weighted by atomic mass is 15.2. The number of aromatic nitrogens is 5. The van der Waals surface area contributed by atoms with E-state index in [0.29, 0.717) is 5.95 Å². The second-order valence-electron chi connectivity index (χ2n) is 5.81. The molecule has 0 radical (unpaired) electrons. The zero-order chi connectivity index (χ0) is 16.5. The molecule has 3 aromatic heterocycles. The first kappa shape index (κ1) is 14.4. The van der Waals surface area contributed by atoms with Crippen LogP contribution in [0.4, 0.5) is 5.95 Å². The van der Waals surface area contributed by atoms with Gasteiger partial charge in [-0.15, -0.1) is 0 Å². The molecule has 1 atom stereocenters. The summed E-state index contributed by atoms with van der Waals surface area (Å²) in [4.78, 5) is 12.1. The van der Waals surface area contributed by atoms with E-state index in [0.717, 1.165) is 16.8 Å². The van der Waals surface area contributed by atoms with Gasteiger partial charge in [-0.3, -0.25) is 4.68 Å². The van der Waals surface area contributed by atoms with Gasteiger partial charge in [-0.1, -0.05) is 18.2 Å². The van der Waals surface area contributed by atoms with Crippen LogP contribution in [0.3, 0.4) is 0 Å². The summed E-state index contributed by atoms with van der Waals surface area (Å²) in [5, 5.41) is 8.96. The van der Waals surface area contributed by atoms with Gasteiger partial charge in [0.05, 0.1) is 12.2 Å². The highest BCUT2D eigenvalue weighted by molar-refractivity contribution is 5.86. The summed E-state index contributed by atoms with van der Waals surface area (Å²) in [7, 11) is 1.92. The van der Waals surface area contributed by atoms with Crippen molar-refractivity contribution in [2.75, 3.05) is 5.32 Å². The third kappa shape index (κ3) is 2.52. The Hall–Kier alpha value is -3.15. The number of aromatic amines is 1. The molecule has 120 valence electrons. The van der Waals surface area contributed by atoms with Gasteiger partial charge in [0, 0.05) is 53.4 Å². The molecule has 0 amide bonds. The van der Waals surface area contributed by atoms with Crippen molar-refractivity contribution >= 4 is 16.9 Å². The average molecular weight is 318 g/mol. The quantitative estimate of drug-likeness (QED) is 0.606. The number of rotatable bonds is 4. The van der Waals surface area contributed by atoms with Crippen LogP contribution in [0.5, 0.6) is 0 Å². The minimum absolute atomic E-state index is 0.0859. The summed E-state index contributed by atoms with van der Waals surface area (Å²) in [5.41, 5.74) is 4.49. The number of hydrogen-bond acceptors (Lipinski definition) is 4. The lowest BCUT2D eigenvalue weighted by molar-refractivity contribution is 0.766. The van der Waals surface area contributed by atoms with Crippen LogP contribution in [-0.4, -0.2) is 24.7 Å². The maximum atomic E-state index is 4.32. The molecule has 0 fully saturated rings. The number of anilines is 1. The highest BCUT2D eigenvalue weighted by Crippen LogP contribution is 2.33. The molecule has 4 rings (SSSR count). The van der Waals surface area contributed by atoms with Crippen molar-refractivity contribution in [2.45, 2.75) is 13.0 Å². The SMILES string of the molecule is Cc1[nH]c2ccccc2c1C(Nc1ncccn1)c1cnn(C)c1. The molecule has 0 aliphatic carbocycles. The van der Waals surface area contributed by atoms with Crippen molar-refractivity contribution in [1.29, 1.82) is 0 Å². The van der Waals surface area contributed by atoms with Crippen LogP contribution in [0, 0.1) is 6.92 Å². The fourth-order valence-corrected chi connectivity index (χ4v) is 3.08. The normalized spacial score (nSPS) is 12.4. The van der Waals surface area contributed by atoms with Crippen molar-refractivity contribution in [3.05, 3.63) is 71.9 Å². The first-order valence-corrected chi connectivity index (χ1v) is 7.81. The smallest absolute Gasteiger partial charge is 0.223 e. The van der Waals surface area contributed by atoms with Crippen molar-refractivity contribution in [1.82, 2.24) is 24.7 Å². The predicted molar refractivity (Wildman–Crippen MR) is 93.7 cm³/mol. The third-order valence-electron chi connectivity index (χ3n) is 4.13. The molecule has 0 bridgehead atoms. The molecule has 4 aromatic rings. The number of hydrogen-bond donors (Lipinski definition) is 2. The summed E-state index contributed by atoms with van der Waals surface area (Å²) >= 11 is 0. The van der Waals surface area contributed by atoms with Gasteiger partial charge < -0.3 is 10.3 Å². The molecule has 0 aliphatic rings. The van der Waals surface area contributed by atoms with Gasteiger partial charge in [0.15, 0.2) is 0 Å². The van der Waals surface area contributed by atoms with Gasteiger partial charge in [-0.2, -0.15) is 5.10 Å². The minimum atomic E-state index is -0.0859. The standard InChI is InChI=1S/C18H18N6/c1-12-16(14-6-3-4-7-15(14)22-12)17(13-10-21-24(2)11-13)23-18-19-8-5-9-20-18/h3-11,17,22H,1-2H3,(H,19,20,23). The molecule has 6 heteroatoms. The van der Waals surface area contributed by atoms with Crippen LogP contribution in [0.25, 0.3) is 10.9 Å². The molecule has 6 nitrogen and oxygen atoms in total. The van der Waals surface area contributed by atoms with E-state index in [9.17, 15) is 0 Å². The Balaban J connectivity index is 1.87. The lowest BCUT2D eigenvalue weighted by Crippen LogP contribution is -2.14. The van der Waals surface area contributed by atoms with E-state index >= 15 is 0 Å². The number of fused-ring (bicyclic) bond motifs is 1. The zero-order valence-electron chi connectivity index (χ0n) is 13.6. The van der Waals surface area contributed by atoms with Gasteiger partial charge in [-0.05, 0) is 19.1 Å². The van der Waals surface area contributed by atoms with Crippen molar-refractivity contribution in [3.63, 3.8) is 0 Å². The van der Waals surface area contributed by atoms with E-state index in [-0.39, 0.29) is 6.04 Å². The lowest BCUT2D eigenvalue weighted by atomic mass is 9.98. The summed E-state index contributed by atoms with van der Waals surface area (Å²) in [6.45, 7) is 2.09. The fraction of sp³-hybridized carbons (Fsp3) is 0.167. The Morgan fingerprint density at radius 3 is 2.67 bits per heavy atom. The summed E-state index contributed by atoms with van der Waals surface area (Å²) in [6.07, 6.45) is 7.36. The topological polar surface area (TPSA) is 71.4 Å². The van der Waals surface area contributed by atoms with Crippen molar-refractivity contribution < 1.29 is 0 Å². The molecule has 0 spiro atoms. The Morgan fingerprint density at radius 2 is 1.92 bits per heavy atom. The van der Waals surface area contributed by atoms with E-state index in [4.69, 9.17) is 0 Å².